The monoisotopic (exact) mass is 704 g/mol. The van der Waals surface area contributed by atoms with Crippen LogP contribution in [0.25, 0.3) is 0 Å². The van der Waals surface area contributed by atoms with Crippen molar-refractivity contribution >= 4 is 52.8 Å². The van der Waals surface area contributed by atoms with E-state index in [1.165, 1.54) is 22.1 Å². The lowest BCUT2D eigenvalue weighted by Crippen LogP contribution is -2.72. The van der Waals surface area contributed by atoms with Crippen molar-refractivity contribution in [3.8, 4) is 0 Å². The number of ketones is 1. The Labute approximate surface area is 296 Å². The third-order valence-corrected chi connectivity index (χ3v) is 17.0. The van der Waals surface area contributed by atoms with Crippen LogP contribution in [0.15, 0.2) is 97.1 Å². The normalized spacial score (nSPS) is 34.0. The van der Waals surface area contributed by atoms with Crippen molar-refractivity contribution in [1.82, 2.24) is 0 Å². The van der Waals surface area contributed by atoms with Gasteiger partial charge in [-0.2, -0.15) is 0 Å². The number of allylic oxidation sites excluding steroid dienone is 1. The maximum absolute atomic E-state index is 13.8. The molecule has 0 aromatic heterocycles. The van der Waals surface area contributed by atoms with Crippen LogP contribution in [-0.4, -0.2) is 60.7 Å². The predicted molar refractivity (Wildman–Crippen MR) is 199 cm³/mol. The average molecular weight is 705 g/mol. The van der Waals surface area contributed by atoms with E-state index in [-0.39, 0.29) is 22.7 Å². The second kappa shape index (κ2) is 12.7. The van der Waals surface area contributed by atoms with E-state index in [1.807, 2.05) is 38.3 Å². The van der Waals surface area contributed by atoms with Crippen molar-refractivity contribution in [3.63, 3.8) is 0 Å². The molecule has 8 atom stereocenters. The molecular weight excluding hydrogens is 657 g/mol. The summed E-state index contributed by atoms with van der Waals surface area (Å²) in [5.41, 5.74) is -0.0172. The molecule has 2 aliphatic heterocycles. The van der Waals surface area contributed by atoms with Crippen molar-refractivity contribution in [2.45, 2.75) is 88.8 Å². The Balaban J connectivity index is 1.33. The van der Waals surface area contributed by atoms with Crippen LogP contribution < -0.4 is 10.4 Å². The lowest BCUT2D eigenvalue weighted by molar-refractivity contribution is -0.420. The van der Waals surface area contributed by atoms with Crippen LogP contribution >= 0.6 is 24.0 Å². The van der Waals surface area contributed by atoms with Crippen LogP contribution in [0, 0.1) is 17.8 Å². The molecule has 0 amide bonds. The number of thioether (sulfide) groups is 1. The highest BCUT2D eigenvalue weighted by atomic mass is 32.2. The maximum atomic E-state index is 13.8. The Hall–Kier alpha value is -2.37. The van der Waals surface area contributed by atoms with E-state index < -0.39 is 43.6 Å². The van der Waals surface area contributed by atoms with Gasteiger partial charge in [-0.3, -0.25) is 4.79 Å². The molecule has 2 heterocycles. The largest absolute Gasteiger partial charge is 0.469 e. The smallest absolute Gasteiger partial charge is 0.282 e. The van der Waals surface area contributed by atoms with Gasteiger partial charge in [0.05, 0.1) is 6.61 Å². The zero-order valence-electron chi connectivity index (χ0n) is 29.1. The standard InChI is InChI=1S/C39H48O6S2Si/c1-25(2)38-23-27(4)39(34(42-35(46)47-9)33(38)43-37(8,44-38)45-39)31-20-21-32(40)30(31)22-26(3)24-41-48(36(5,6)7,28-16-12-10-13-17-28)29-18-14-11-15-19-29/h10-21,27,30-31,33-34H,1,3,22-24H2,2,4-9H3/t27-,30-,31+,33-,34-,37?,38-,39+/m1/s1. The van der Waals surface area contributed by atoms with Crippen molar-refractivity contribution in [2.24, 2.45) is 17.8 Å². The highest BCUT2D eigenvalue weighted by molar-refractivity contribution is 8.22. The Bertz CT molecular complexity index is 1580. The summed E-state index contributed by atoms with van der Waals surface area (Å²) >= 11 is 6.98. The summed E-state index contributed by atoms with van der Waals surface area (Å²) in [6.07, 6.45) is 5.54. The van der Waals surface area contributed by atoms with E-state index in [0.29, 0.717) is 23.8 Å². The van der Waals surface area contributed by atoms with Gasteiger partial charge in [0.25, 0.3) is 14.3 Å². The molecule has 4 aliphatic rings. The van der Waals surface area contributed by atoms with Crippen LogP contribution in [0.4, 0.5) is 0 Å². The molecule has 48 heavy (non-hydrogen) atoms. The average Bonchev–Trinajstić information content (AvgIpc) is 3.50. The molecule has 9 heteroatoms. The fourth-order valence-electron chi connectivity index (χ4n) is 8.92. The Kier molecular flexibility index (Phi) is 9.42. The third-order valence-electron chi connectivity index (χ3n) is 10.9. The van der Waals surface area contributed by atoms with Gasteiger partial charge in [0.15, 0.2) is 11.9 Å². The number of fused-ring (bicyclic) bond motifs is 2. The Morgan fingerprint density at radius 1 is 1.06 bits per heavy atom. The maximum Gasteiger partial charge on any atom is 0.282 e. The van der Waals surface area contributed by atoms with Crippen molar-refractivity contribution in [1.29, 1.82) is 0 Å². The van der Waals surface area contributed by atoms with E-state index in [1.54, 1.807) is 6.08 Å². The fraction of sp³-hybridized carbons (Fsp3) is 0.487. The summed E-state index contributed by atoms with van der Waals surface area (Å²) in [7, 11) is -2.80. The van der Waals surface area contributed by atoms with E-state index in [9.17, 15) is 4.79 Å². The van der Waals surface area contributed by atoms with Crippen LogP contribution in [0.3, 0.4) is 0 Å². The van der Waals surface area contributed by atoms with Gasteiger partial charge in [0, 0.05) is 18.8 Å². The number of benzene rings is 2. The molecular formula is C39H48O6S2Si. The van der Waals surface area contributed by atoms with Crippen LogP contribution in [0.2, 0.25) is 5.04 Å². The molecule has 6 nitrogen and oxygen atoms in total. The molecule has 0 radical (unpaired) electrons. The number of hydrogen-bond acceptors (Lipinski definition) is 8. The topological polar surface area (TPSA) is 63.2 Å². The summed E-state index contributed by atoms with van der Waals surface area (Å²) in [6.45, 7) is 21.9. The zero-order chi connectivity index (χ0) is 34.7. The molecule has 256 valence electrons. The summed E-state index contributed by atoms with van der Waals surface area (Å²) < 4.78 is 34.2. The highest BCUT2D eigenvalue weighted by Crippen LogP contribution is 2.64. The quantitative estimate of drug-likeness (QED) is 0.147. The molecule has 0 spiro atoms. The number of thiocarbonyl (C=S) groups is 1. The summed E-state index contributed by atoms with van der Waals surface area (Å²) in [5, 5.41) is 2.22. The first-order chi connectivity index (χ1) is 22.6. The SMILES string of the molecule is C=C(CO[Si](c1ccccc1)(c1ccccc1)C(C)(C)C)C[C@H]1C(=O)C=C[C@@H]1[C@]12OC3(C)O[C@H]([C@H]1OC(=S)SC)[C@](C(=C)C)(C[C@H]2C)O3. The summed E-state index contributed by atoms with van der Waals surface area (Å²) in [4.78, 5) is 13.8. The number of rotatable bonds is 10. The van der Waals surface area contributed by atoms with Gasteiger partial charge in [0.2, 0.25) is 4.38 Å². The van der Waals surface area contributed by atoms with E-state index in [0.717, 1.165) is 11.1 Å². The van der Waals surface area contributed by atoms with E-state index in [2.05, 4.69) is 89.4 Å². The fourth-order valence-corrected chi connectivity index (χ4v) is 13.8. The number of hydrogen-bond donors (Lipinski definition) is 0. The highest BCUT2D eigenvalue weighted by Gasteiger charge is 2.77. The molecule has 6 rings (SSSR count). The number of ether oxygens (including phenoxy) is 4. The zero-order valence-corrected chi connectivity index (χ0v) is 31.7. The minimum absolute atomic E-state index is 0.0459. The lowest BCUT2D eigenvalue weighted by atomic mass is 9.58. The minimum Gasteiger partial charge on any atom is -0.469 e. The number of carbonyl (C=O) groups excluding carboxylic acids is 1. The van der Waals surface area contributed by atoms with Gasteiger partial charge >= 0.3 is 0 Å². The third kappa shape index (κ3) is 5.54. The van der Waals surface area contributed by atoms with Crippen molar-refractivity contribution in [2.75, 3.05) is 12.9 Å². The van der Waals surface area contributed by atoms with Gasteiger partial charge in [-0.15, -0.1) is 0 Å². The van der Waals surface area contributed by atoms with Crippen molar-refractivity contribution < 1.29 is 28.2 Å². The molecule has 1 saturated carbocycles. The second-order valence-corrected chi connectivity index (χ2v) is 20.7. The second-order valence-electron chi connectivity index (χ2n) is 15.0. The van der Waals surface area contributed by atoms with Crippen LogP contribution in [0.5, 0.6) is 0 Å². The summed E-state index contributed by atoms with van der Waals surface area (Å²) in [6, 6.07) is 21.1. The first kappa shape index (κ1) is 35.5. The van der Waals surface area contributed by atoms with Gasteiger partial charge in [-0.25, -0.2) is 0 Å². The Morgan fingerprint density at radius 3 is 2.21 bits per heavy atom. The Morgan fingerprint density at radius 2 is 1.67 bits per heavy atom. The molecule has 1 unspecified atom stereocenters. The van der Waals surface area contributed by atoms with E-state index >= 15 is 0 Å². The predicted octanol–water partition coefficient (Wildman–Crippen LogP) is 7.13. The molecule has 0 N–H and O–H groups in total. The van der Waals surface area contributed by atoms with Gasteiger partial charge in [0.1, 0.15) is 17.3 Å². The van der Waals surface area contributed by atoms with E-state index in [4.69, 9.17) is 35.6 Å². The first-order valence-corrected chi connectivity index (χ1v) is 20.3. The van der Waals surface area contributed by atoms with Gasteiger partial charge in [-0.1, -0.05) is 125 Å². The number of carbonyl (C=O) groups is 1. The van der Waals surface area contributed by atoms with Gasteiger partial charge in [-0.05, 0) is 71.2 Å². The molecule has 2 aromatic rings. The minimum atomic E-state index is -2.80. The molecule has 3 fully saturated rings. The lowest BCUT2D eigenvalue weighted by Gasteiger charge is -2.58. The molecule has 2 aromatic carbocycles. The molecule has 2 aliphatic carbocycles. The van der Waals surface area contributed by atoms with Crippen LogP contribution in [0.1, 0.15) is 54.4 Å². The van der Waals surface area contributed by atoms with Gasteiger partial charge < -0.3 is 23.4 Å². The first-order valence-electron chi connectivity index (χ1n) is 16.8. The van der Waals surface area contributed by atoms with Crippen LogP contribution in [-0.2, 0) is 28.2 Å². The molecule has 3 bridgehead atoms. The summed E-state index contributed by atoms with van der Waals surface area (Å²) in [5.74, 6) is -2.09. The van der Waals surface area contributed by atoms with Crippen molar-refractivity contribution in [3.05, 3.63) is 97.1 Å². The molecule has 2 saturated heterocycles.